The van der Waals surface area contributed by atoms with Crippen molar-refractivity contribution < 1.29 is 9.82 Å². The molecule has 0 saturated heterocycles. The Bertz CT molecular complexity index is 1160. The van der Waals surface area contributed by atoms with Crippen LogP contribution in [0.25, 0.3) is 0 Å². The molecule has 7 nitrogen and oxygen atoms in total. The van der Waals surface area contributed by atoms with Crippen molar-refractivity contribution in [2.45, 2.75) is 47.1 Å². The molecule has 3 rings (SSSR count). The molecule has 166 valence electrons. The summed E-state index contributed by atoms with van der Waals surface area (Å²) in [4.78, 5) is 29.9. The average molecular weight is 432 g/mol. The minimum atomic E-state index is -0.698. The highest BCUT2D eigenvalue weighted by Gasteiger charge is 2.13. The molecule has 1 amide bonds. The summed E-state index contributed by atoms with van der Waals surface area (Å²) < 4.78 is 1.51. The Morgan fingerprint density at radius 3 is 2.47 bits per heavy atom. The molecule has 0 aliphatic rings. The minimum Gasteiger partial charge on any atom is -0.433 e. The number of nitrogens with one attached hydrogen (secondary N) is 2. The lowest BCUT2D eigenvalue weighted by molar-refractivity contribution is -0.121. The average Bonchev–Trinajstić information content (AvgIpc) is 2.74. The maximum absolute atomic E-state index is 12.9. The molecular weight excluding hydrogens is 403 g/mol. The highest BCUT2D eigenvalue weighted by molar-refractivity contribution is 6.52. The van der Waals surface area contributed by atoms with Crippen LogP contribution in [0.2, 0.25) is 6.82 Å². The van der Waals surface area contributed by atoms with Gasteiger partial charge in [0, 0.05) is 23.5 Å². The third-order valence-electron chi connectivity index (χ3n) is 5.42. The number of hydrogen-bond acceptors (Lipinski definition) is 5. The Kier molecular flexibility index (Phi) is 7.48. The van der Waals surface area contributed by atoms with E-state index in [-0.39, 0.29) is 18.0 Å². The Hall–Kier alpha value is -3.39. The van der Waals surface area contributed by atoms with Gasteiger partial charge in [-0.1, -0.05) is 36.4 Å². The van der Waals surface area contributed by atoms with Gasteiger partial charge in [0.1, 0.15) is 12.4 Å². The first kappa shape index (κ1) is 23.3. The smallest absolute Gasteiger partial charge is 0.408 e. The number of carbonyl (C=O) groups is 1. The van der Waals surface area contributed by atoms with Crippen molar-refractivity contribution in [3.8, 4) is 0 Å². The summed E-state index contributed by atoms with van der Waals surface area (Å²) in [6, 6.07) is 15.6. The fourth-order valence-electron chi connectivity index (χ4n) is 3.60. The first-order valence-corrected chi connectivity index (χ1v) is 10.7. The van der Waals surface area contributed by atoms with Crippen molar-refractivity contribution >= 4 is 18.8 Å². The van der Waals surface area contributed by atoms with Crippen LogP contribution in [0.15, 0.2) is 53.3 Å². The van der Waals surface area contributed by atoms with Crippen LogP contribution in [0.3, 0.4) is 0 Å². The van der Waals surface area contributed by atoms with Crippen molar-refractivity contribution in [2.75, 3.05) is 5.23 Å². The van der Waals surface area contributed by atoms with E-state index >= 15 is 0 Å². The summed E-state index contributed by atoms with van der Waals surface area (Å²) in [5.74, 6) is 0.330. The monoisotopic (exact) mass is 432 g/mol. The van der Waals surface area contributed by atoms with E-state index in [9.17, 15) is 14.6 Å². The van der Waals surface area contributed by atoms with E-state index in [0.717, 1.165) is 28.1 Å². The van der Waals surface area contributed by atoms with Crippen molar-refractivity contribution in [2.24, 2.45) is 0 Å². The maximum atomic E-state index is 12.9. The third kappa shape index (κ3) is 5.85. The number of rotatable bonds is 8. The van der Waals surface area contributed by atoms with Gasteiger partial charge in [-0.3, -0.25) is 9.59 Å². The van der Waals surface area contributed by atoms with Gasteiger partial charge < -0.3 is 20.1 Å². The first-order chi connectivity index (χ1) is 15.2. The zero-order chi connectivity index (χ0) is 23.3. The van der Waals surface area contributed by atoms with Gasteiger partial charge in [0.2, 0.25) is 5.91 Å². The molecule has 0 unspecified atom stereocenters. The number of aryl methyl sites for hydroxylation is 2. The maximum Gasteiger partial charge on any atom is 0.408 e. The summed E-state index contributed by atoms with van der Waals surface area (Å²) in [5, 5.41) is 15.1. The predicted molar refractivity (Wildman–Crippen MR) is 128 cm³/mol. The molecule has 0 spiro atoms. The fourth-order valence-corrected chi connectivity index (χ4v) is 3.60. The molecule has 3 N–H and O–H groups in total. The second-order valence-electron chi connectivity index (χ2n) is 8.03. The summed E-state index contributed by atoms with van der Waals surface area (Å²) in [7, 11) is -0.698. The van der Waals surface area contributed by atoms with Crippen molar-refractivity contribution in [3.63, 3.8) is 0 Å². The van der Waals surface area contributed by atoms with E-state index in [0.29, 0.717) is 24.3 Å². The van der Waals surface area contributed by atoms with E-state index in [1.54, 1.807) is 12.9 Å². The van der Waals surface area contributed by atoms with Gasteiger partial charge in [-0.15, -0.1) is 0 Å². The van der Waals surface area contributed by atoms with Gasteiger partial charge in [-0.25, -0.2) is 4.98 Å². The highest BCUT2D eigenvalue weighted by atomic mass is 16.2. The number of nitrogens with zero attached hydrogens (tertiary/aromatic N) is 2. The van der Waals surface area contributed by atoms with E-state index in [1.807, 2.05) is 63.2 Å². The van der Waals surface area contributed by atoms with Gasteiger partial charge >= 0.3 is 7.05 Å². The third-order valence-corrected chi connectivity index (χ3v) is 5.42. The van der Waals surface area contributed by atoms with Crippen LogP contribution in [-0.2, 0) is 24.3 Å². The number of carbonyl (C=O) groups excluding carboxylic acids is 1. The van der Waals surface area contributed by atoms with Gasteiger partial charge in [0.05, 0.1) is 0 Å². The number of anilines is 1. The number of pyridine rings is 2. The molecule has 1 aromatic carbocycles. The largest absolute Gasteiger partial charge is 0.433 e. The molecule has 2 heterocycles. The minimum absolute atomic E-state index is 0.0364. The second-order valence-corrected chi connectivity index (χ2v) is 8.03. The number of hydrogen-bond donors (Lipinski definition) is 3. The van der Waals surface area contributed by atoms with Crippen LogP contribution in [0.5, 0.6) is 0 Å². The van der Waals surface area contributed by atoms with Crippen LogP contribution in [0.1, 0.15) is 33.6 Å². The Morgan fingerprint density at radius 2 is 1.81 bits per heavy atom. The molecule has 0 aliphatic heterocycles. The molecule has 3 aromatic rings. The first-order valence-electron chi connectivity index (χ1n) is 10.7. The zero-order valence-electron chi connectivity index (χ0n) is 19.0. The lowest BCUT2D eigenvalue weighted by Crippen LogP contribution is -2.34. The van der Waals surface area contributed by atoms with Gasteiger partial charge in [0.25, 0.3) is 5.56 Å². The molecule has 0 radical (unpaired) electrons. The molecule has 0 saturated carbocycles. The molecule has 32 heavy (non-hydrogen) atoms. The summed E-state index contributed by atoms with van der Waals surface area (Å²) in [6.07, 6.45) is 0.683. The van der Waals surface area contributed by atoms with Gasteiger partial charge in [-0.05, 0) is 62.8 Å². The van der Waals surface area contributed by atoms with Crippen LogP contribution < -0.4 is 16.1 Å². The molecule has 0 bridgehead atoms. The molecular formula is C24H29BN4O3. The molecule has 0 fully saturated rings. The predicted octanol–water partition coefficient (Wildman–Crippen LogP) is 2.60. The Balaban J connectivity index is 1.67. The van der Waals surface area contributed by atoms with E-state index in [2.05, 4.69) is 15.5 Å². The highest BCUT2D eigenvalue weighted by Crippen LogP contribution is 2.14. The summed E-state index contributed by atoms with van der Waals surface area (Å²) in [6.45, 7) is 7.40. The quantitative estimate of drug-likeness (QED) is 0.476. The summed E-state index contributed by atoms with van der Waals surface area (Å²) >= 11 is 0. The SMILES string of the molecule is CB(O)Nc1ccc(CNC(=O)Cn2c(C)cc(Cc3ccccc3)c(C)c2=O)c(C)n1. The molecule has 2 aromatic heterocycles. The Labute approximate surface area is 188 Å². The zero-order valence-corrected chi connectivity index (χ0v) is 19.0. The normalized spacial score (nSPS) is 10.7. The van der Waals surface area contributed by atoms with Crippen molar-refractivity contribution in [1.82, 2.24) is 14.9 Å². The van der Waals surface area contributed by atoms with E-state index in [4.69, 9.17) is 0 Å². The van der Waals surface area contributed by atoms with Crippen LogP contribution in [-0.4, -0.2) is 27.5 Å². The Morgan fingerprint density at radius 1 is 1.09 bits per heavy atom. The van der Waals surface area contributed by atoms with E-state index < -0.39 is 7.05 Å². The molecule has 0 atom stereocenters. The topological polar surface area (TPSA) is 96.2 Å². The number of benzene rings is 1. The lowest BCUT2D eigenvalue weighted by Gasteiger charge is -2.15. The molecule has 8 heteroatoms. The van der Waals surface area contributed by atoms with Crippen molar-refractivity contribution in [3.05, 3.63) is 92.5 Å². The fraction of sp³-hybridized carbons (Fsp3) is 0.292. The van der Waals surface area contributed by atoms with Crippen molar-refractivity contribution in [1.29, 1.82) is 0 Å². The van der Waals surface area contributed by atoms with Gasteiger partial charge in [-0.2, -0.15) is 0 Å². The van der Waals surface area contributed by atoms with Gasteiger partial charge in [0.15, 0.2) is 0 Å². The van der Waals surface area contributed by atoms with Crippen LogP contribution >= 0.6 is 0 Å². The standard InChI is InChI=1S/C24H29BN4O3/c1-16-12-21(13-19-8-6-5-7-9-19)17(2)24(31)29(16)15-23(30)26-14-20-10-11-22(27-18(20)3)28-25(4)32/h5-12,32H,13-15H2,1-4H3,(H,26,30)(H,27,28). The number of aromatic nitrogens is 2. The molecule has 0 aliphatic carbocycles. The van der Waals surface area contributed by atoms with Crippen LogP contribution in [0.4, 0.5) is 5.82 Å². The second kappa shape index (κ2) is 10.3. The van der Waals surface area contributed by atoms with E-state index in [1.165, 1.54) is 4.57 Å². The summed E-state index contributed by atoms with van der Waals surface area (Å²) in [5.41, 5.74) is 5.02. The number of amides is 1. The lowest BCUT2D eigenvalue weighted by atomic mass is 9.89. The van der Waals surface area contributed by atoms with Crippen LogP contribution in [0, 0.1) is 20.8 Å².